The van der Waals surface area contributed by atoms with E-state index in [0.29, 0.717) is 0 Å². The molecule has 0 saturated carbocycles. The van der Waals surface area contributed by atoms with Crippen molar-refractivity contribution >= 4 is 27.8 Å². The molecular weight excluding hydrogens is 386 g/mol. The van der Waals surface area contributed by atoms with Crippen molar-refractivity contribution in [3.05, 3.63) is 54.5 Å². The maximum absolute atomic E-state index is 4.95. The topological polar surface area (TPSA) is 86.4 Å². The van der Waals surface area contributed by atoms with Gasteiger partial charge in [-0.1, -0.05) is 6.07 Å². The summed E-state index contributed by atoms with van der Waals surface area (Å²) in [6.45, 7) is 4.17. The fourth-order valence-corrected chi connectivity index (χ4v) is 4.50. The predicted molar refractivity (Wildman–Crippen MR) is 123 cm³/mol. The Labute approximate surface area is 179 Å². The van der Waals surface area contributed by atoms with E-state index in [1.165, 1.54) is 24.8 Å². The Morgan fingerprint density at radius 3 is 2.74 bits per heavy atom. The lowest BCUT2D eigenvalue weighted by molar-refractivity contribution is 0.574. The van der Waals surface area contributed by atoms with Gasteiger partial charge < -0.3 is 9.88 Å². The van der Waals surface area contributed by atoms with Gasteiger partial charge in [-0.25, -0.2) is 9.97 Å². The first-order valence-electron chi connectivity index (χ1n) is 10.8. The maximum atomic E-state index is 4.95. The monoisotopic (exact) mass is 409 g/mol. The SMILES string of the molecule is Cc1ccncc1-c1ccc2[nH]nc(-c3nc4c(N5CCCCC5)nccc4[nH]3)c2c1. The van der Waals surface area contributed by atoms with Crippen LogP contribution in [0.1, 0.15) is 24.8 Å². The number of hydrogen-bond donors (Lipinski definition) is 2. The summed E-state index contributed by atoms with van der Waals surface area (Å²) in [5.41, 5.74) is 7.13. The van der Waals surface area contributed by atoms with E-state index in [9.17, 15) is 0 Å². The molecule has 4 aromatic heterocycles. The molecule has 2 N–H and O–H groups in total. The number of aryl methyl sites for hydroxylation is 1. The standard InChI is InChI=1S/C24H23N7/c1-15-7-9-25-14-18(15)16-5-6-19-17(13-16)21(30-29-19)23-27-20-8-10-26-24(22(20)28-23)31-11-3-2-4-12-31/h5-10,13-14H,2-4,11-12H2,1H3,(H,27,28)(H,29,30). The molecule has 7 nitrogen and oxygen atoms in total. The van der Waals surface area contributed by atoms with Crippen LogP contribution in [0.5, 0.6) is 0 Å². The number of piperidine rings is 1. The summed E-state index contributed by atoms with van der Waals surface area (Å²) in [4.78, 5) is 19.7. The second-order valence-electron chi connectivity index (χ2n) is 8.19. The summed E-state index contributed by atoms with van der Waals surface area (Å²) in [6, 6.07) is 10.3. The van der Waals surface area contributed by atoms with Crippen molar-refractivity contribution < 1.29 is 0 Å². The quantitative estimate of drug-likeness (QED) is 0.444. The number of benzene rings is 1. The number of imidazole rings is 1. The number of nitrogens with one attached hydrogen (secondary N) is 2. The minimum atomic E-state index is 0.757. The third-order valence-corrected chi connectivity index (χ3v) is 6.17. The minimum Gasteiger partial charge on any atom is -0.355 e. The van der Waals surface area contributed by atoms with Gasteiger partial charge in [0, 0.05) is 42.6 Å². The van der Waals surface area contributed by atoms with Crippen molar-refractivity contribution in [2.24, 2.45) is 0 Å². The third kappa shape index (κ3) is 3.04. The first-order chi connectivity index (χ1) is 15.3. The number of aromatic amines is 2. The van der Waals surface area contributed by atoms with Gasteiger partial charge in [0.2, 0.25) is 0 Å². The molecule has 1 aliphatic heterocycles. The Balaban J connectivity index is 1.47. The second kappa shape index (κ2) is 7.19. The molecule has 0 unspecified atom stereocenters. The van der Waals surface area contributed by atoms with Crippen LogP contribution in [0.25, 0.3) is 44.6 Å². The molecule has 1 aromatic carbocycles. The number of H-pyrrole nitrogens is 2. The van der Waals surface area contributed by atoms with E-state index in [0.717, 1.165) is 63.5 Å². The lowest BCUT2D eigenvalue weighted by Crippen LogP contribution is -2.30. The molecule has 0 spiro atoms. The van der Waals surface area contributed by atoms with Gasteiger partial charge >= 0.3 is 0 Å². The van der Waals surface area contributed by atoms with Crippen LogP contribution in [0.2, 0.25) is 0 Å². The van der Waals surface area contributed by atoms with Crippen LogP contribution in [0.15, 0.2) is 48.9 Å². The Morgan fingerprint density at radius 2 is 1.87 bits per heavy atom. The molecule has 6 rings (SSSR count). The van der Waals surface area contributed by atoms with Gasteiger partial charge in [-0.05, 0) is 61.6 Å². The van der Waals surface area contributed by atoms with Gasteiger partial charge in [-0.2, -0.15) is 5.10 Å². The van der Waals surface area contributed by atoms with Gasteiger partial charge in [0.25, 0.3) is 0 Å². The van der Waals surface area contributed by atoms with E-state index in [1.807, 2.05) is 30.7 Å². The van der Waals surface area contributed by atoms with E-state index in [2.05, 4.69) is 55.2 Å². The van der Waals surface area contributed by atoms with Crippen LogP contribution >= 0.6 is 0 Å². The fourth-order valence-electron chi connectivity index (χ4n) is 4.50. The van der Waals surface area contributed by atoms with E-state index in [4.69, 9.17) is 4.98 Å². The fraction of sp³-hybridized carbons (Fsp3) is 0.250. The van der Waals surface area contributed by atoms with Crippen molar-refractivity contribution in [3.8, 4) is 22.6 Å². The molecule has 154 valence electrons. The highest BCUT2D eigenvalue weighted by Gasteiger charge is 2.19. The Morgan fingerprint density at radius 1 is 0.968 bits per heavy atom. The average Bonchev–Trinajstić information content (AvgIpc) is 3.43. The molecule has 0 aliphatic carbocycles. The van der Waals surface area contributed by atoms with Crippen LogP contribution in [0.3, 0.4) is 0 Å². The number of fused-ring (bicyclic) bond motifs is 2. The van der Waals surface area contributed by atoms with Crippen LogP contribution < -0.4 is 4.90 Å². The Kier molecular flexibility index (Phi) is 4.19. The molecule has 0 radical (unpaired) electrons. The summed E-state index contributed by atoms with van der Waals surface area (Å²) in [5.74, 6) is 1.72. The van der Waals surface area contributed by atoms with Gasteiger partial charge in [-0.15, -0.1) is 0 Å². The van der Waals surface area contributed by atoms with E-state index in [1.54, 1.807) is 0 Å². The summed E-state index contributed by atoms with van der Waals surface area (Å²) < 4.78 is 0. The maximum Gasteiger partial charge on any atom is 0.159 e. The summed E-state index contributed by atoms with van der Waals surface area (Å²) >= 11 is 0. The molecule has 0 bridgehead atoms. The molecule has 5 aromatic rings. The molecule has 31 heavy (non-hydrogen) atoms. The summed E-state index contributed by atoms with van der Waals surface area (Å²) in [5, 5.41) is 8.78. The molecule has 5 heterocycles. The average molecular weight is 409 g/mol. The van der Waals surface area contributed by atoms with Crippen molar-refractivity contribution in [3.63, 3.8) is 0 Å². The predicted octanol–water partition coefficient (Wildman–Crippen LogP) is 4.86. The van der Waals surface area contributed by atoms with Gasteiger partial charge in [0.1, 0.15) is 11.2 Å². The van der Waals surface area contributed by atoms with Crippen molar-refractivity contribution in [2.75, 3.05) is 18.0 Å². The minimum absolute atomic E-state index is 0.757. The smallest absolute Gasteiger partial charge is 0.159 e. The molecule has 1 saturated heterocycles. The van der Waals surface area contributed by atoms with E-state index < -0.39 is 0 Å². The van der Waals surface area contributed by atoms with Crippen molar-refractivity contribution in [1.29, 1.82) is 0 Å². The zero-order chi connectivity index (χ0) is 20.8. The number of nitrogens with zero attached hydrogens (tertiary/aromatic N) is 5. The second-order valence-corrected chi connectivity index (χ2v) is 8.19. The van der Waals surface area contributed by atoms with Crippen LogP contribution in [-0.2, 0) is 0 Å². The molecular formula is C24H23N7. The van der Waals surface area contributed by atoms with Crippen LogP contribution in [0, 0.1) is 6.92 Å². The highest BCUT2D eigenvalue weighted by atomic mass is 15.2. The summed E-state index contributed by atoms with van der Waals surface area (Å²) in [6.07, 6.45) is 9.29. The number of aromatic nitrogens is 6. The van der Waals surface area contributed by atoms with E-state index >= 15 is 0 Å². The highest BCUT2D eigenvalue weighted by molar-refractivity contribution is 5.97. The lowest BCUT2D eigenvalue weighted by atomic mass is 10.0. The molecule has 0 amide bonds. The first kappa shape index (κ1) is 18.1. The van der Waals surface area contributed by atoms with Crippen LogP contribution in [-0.4, -0.2) is 43.2 Å². The van der Waals surface area contributed by atoms with Crippen molar-refractivity contribution in [2.45, 2.75) is 26.2 Å². The number of pyridine rings is 2. The zero-order valence-electron chi connectivity index (χ0n) is 17.4. The van der Waals surface area contributed by atoms with Gasteiger partial charge in [0.15, 0.2) is 11.6 Å². The zero-order valence-corrected chi connectivity index (χ0v) is 17.4. The molecule has 1 aliphatic rings. The number of rotatable bonds is 3. The van der Waals surface area contributed by atoms with Gasteiger partial charge in [-0.3, -0.25) is 10.1 Å². The van der Waals surface area contributed by atoms with E-state index in [-0.39, 0.29) is 0 Å². The van der Waals surface area contributed by atoms with Gasteiger partial charge in [0.05, 0.1) is 11.0 Å². The van der Waals surface area contributed by atoms with Crippen molar-refractivity contribution in [1.82, 2.24) is 30.1 Å². The molecule has 0 atom stereocenters. The van der Waals surface area contributed by atoms with Crippen LogP contribution in [0.4, 0.5) is 5.82 Å². The Bertz CT molecular complexity index is 1390. The first-order valence-corrected chi connectivity index (χ1v) is 10.8. The number of anilines is 1. The third-order valence-electron chi connectivity index (χ3n) is 6.17. The largest absolute Gasteiger partial charge is 0.355 e. The highest BCUT2D eigenvalue weighted by Crippen LogP contribution is 2.33. The molecule has 1 fully saturated rings. The summed E-state index contributed by atoms with van der Waals surface area (Å²) in [7, 11) is 0. The molecule has 7 heteroatoms. The lowest BCUT2D eigenvalue weighted by Gasteiger charge is -2.27. The number of hydrogen-bond acceptors (Lipinski definition) is 5. The Hall–Kier alpha value is -3.74. The normalized spacial score (nSPS) is 14.5.